The Morgan fingerprint density at radius 2 is 2.18 bits per heavy atom. The number of hydrogen-bond donors (Lipinski definition) is 0. The van der Waals surface area contributed by atoms with Gasteiger partial charge in [0.2, 0.25) is 0 Å². The molecule has 17 heavy (non-hydrogen) atoms. The first-order valence-corrected chi connectivity index (χ1v) is 6.55. The summed E-state index contributed by atoms with van der Waals surface area (Å²) in [5.74, 6) is 1.30. The van der Waals surface area contributed by atoms with E-state index in [4.69, 9.17) is 0 Å². The zero-order valence-electron chi connectivity index (χ0n) is 9.03. The molecule has 0 radical (unpaired) electrons. The predicted molar refractivity (Wildman–Crippen MR) is 66.3 cm³/mol. The van der Waals surface area contributed by atoms with Crippen LogP contribution in [0.3, 0.4) is 0 Å². The Labute approximate surface area is 107 Å². The highest BCUT2D eigenvalue weighted by atomic mass is 79.9. The molecule has 0 spiro atoms. The van der Waals surface area contributed by atoms with E-state index >= 15 is 0 Å². The molecule has 1 aliphatic carbocycles. The highest BCUT2D eigenvalue weighted by Gasteiger charge is 2.38. The van der Waals surface area contributed by atoms with Crippen LogP contribution in [0.5, 0.6) is 0 Å². The lowest BCUT2D eigenvalue weighted by Gasteiger charge is -2.34. The summed E-state index contributed by atoms with van der Waals surface area (Å²) in [6.07, 6.45) is 6.08. The first kappa shape index (κ1) is 9.83. The lowest BCUT2D eigenvalue weighted by Crippen LogP contribution is -2.22. The largest absolute Gasteiger partial charge is 0.328 e. The van der Waals surface area contributed by atoms with Crippen molar-refractivity contribution in [3.63, 3.8) is 0 Å². The van der Waals surface area contributed by atoms with Gasteiger partial charge in [0.25, 0.3) is 0 Å². The molecule has 0 amide bonds. The van der Waals surface area contributed by atoms with Gasteiger partial charge in [0.05, 0.1) is 4.47 Å². The van der Waals surface area contributed by atoms with Crippen LogP contribution in [0, 0.1) is 5.82 Å². The quantitative estimate of drug-likeness (QED) is 0.720. The molecular weight excluding hydrogens is 283 g/mol. The van der Waals surface area contributed by atoms with Gasteiger partial charge >= 0.3 is 0 Å². The van der Waals surface area contributed by atoms with Gasteiger partial charge in [-0.25, -0.2) is 9.37 Å². The van der Waals surface area contributed by atoms with E-state index in [9.17, 15) is 4.39 Å². The van der Waals surface area contributed by atoms with Gasteiger partial charge < -0.3 is 4.57 Å². The number of rotatable bonds is 0. The molecule has 2 nitrogen and oxygen atoms in total. The van der Waals surface area contributed by atoms with Crippen molar-refractivity contribution >= 4 is 15.9 Å². The van der Waals surface area contributed by atoms with Crippen LogP contribution in [-0.2, 0) is 0 Å². The molecule has 0 N–H and O–H groups in total. The van der Waals surface area contributed by atoms with Crippen LogP contribution >= 0.6 is 15.9 Å². The molecule has 4 heteroatoms. The second-order valence-corrected chi connectivity index (χ2v) is 5.69. The second kappa shape index (κ2) is 3.19. The maximum atomic E-state index is 13.7. The van der Waals surface area contributed by atoms with E-state index in [0.717, 1.165) is 29.8 Å². The summed E-state index contributed by atoms with van der Waals surface area (Å²) in [5, 5.41) is 0. The molecule has 5 rings (SSSR count). The molecule has 3 aliphatic rings. The predicted octanol–water partition coefficient (Wildman–Crippen LogP) is 3.88. The average molecular weight is 293 g/mol. The van der Waals surface area contributed by atoms with E-state index < -0.39 is 0 Å². The normalized spacial score (nSPS) is 24.6. The Bertz CT molecular complexity index is 614. The maximum Gasteiger partial charge on any atom is 0.140 e. The Balaban J connectivity index is 2.06. The van der Waals surface area contributed by atoms with Crippen LogP contribution in [0.2, 0.25) is 0 Å². The van der Waals surface area contributed by atoms with Crippen molar-refractivity contribution in [2.45, 2.75) is 24.8 Å². The van der Waals surface area contributed by atoms with Crippen LogP contribution in [0.25, 0.3) is 11.4 Å². The SMILES string of the molecule is Fc1cc2c(cc1Br)-c1nccn1C1CC2C1. The lowest BCUT2D eigenvalue weighted by molar-refractivity contribution is 0.274. The average Bonchev–Trinajstić information content (AvgIpc) is 2.62. The molecule has 86 valence electrons. The van der Waals surface area contributed by atoms with E-state index in [1.54, 1.807) is 6.07 Å². The van der Waals surface area contributed by atoms with Crippen molar-refractivity contribution in [3.8, 4) is 11.4 Å². The van der Waals surface area contributed by atoms with Gasteiger partial charge in [-0.15, -0.1) is 0 Å². The van der Waals surface area contributed by atoms with Gasteiger partial charge in [0.1, 0.15) is 11.6 Å². The maximum absolute atomic E-state index is 13.7. The van der Waals surface area contributed by atoms with E-state index in [0.29, 0.717) is 16.4 Å². The van der Waals surface area contributed by atoms with Gasteiger partial charge in [0.15, 0.2) is 0 Å². The van der Waals surface area contributed by atoms with Crippen LogP contribution in [0.4, 0.5) is 4.39 Å². The number of nitrogens with zero attached hydrogens (tertiary/aromatic N) is 2. The summed E-state index contributed by atoms with van der Waals surface area (Å²) >= 11 is 3.26. The third-order valence-electron chi connectivity index (χ3n) is 3.95. The fraction of sp³-hybridized carbons (Fsp3) is 0.308. The molecule has 1 aromatic heterocycles. The summed E-state index contributed by atoms with van der Waals surface area (Å²) in [4.78, 5) is 4.43. The van der Waals surface area contributed by atoms with E-state index in [1.807, 2.05) is 18.5 Å². The molecule has 1 fully saturated rings. The molecule has 1 aromatic carbocycles. The van der Waals surface area contributed by atoms with E-state index in [-0.39, 0.29) is 5.82 Å². The highest BCUT2D eigenvalue weighted by molar-refractivity contribution is 9.10. The molecule has 2 aromatic rings. The number of halogens is 2. The summed E-state index contributed by atoms with van der Waals surface area (Å²) in [6, 6.07) is 4.08. The Hall–Kier alpha value is -1.16. The molecular formula is C13H10BrFN2. The number of hydrogen-bond acceptors (Lipinski definition) is 1. The zero-order chi connectivity index (χ0) is 11.6. The molecule has 1 saturated carbocycles. The van der Waals surface area contributed by atoms with Crippen LogP contribution in [0.1, 0.15) is 30.4 Å². The number of imidazole rings is 1. The standard InChI is InChI=1S/C13H10BrFN2/c14-11-5-10-9(6-12(11)15)7-3-8(4-7)17-2-1-16-13(10)17/h1-2,5-8H,3-4H2. The molecule has 0 atom stereocenters. The van der Waals surface area contributed by atoms with Crippen LogP contribution in [-0.4, -0.2) is 9.55 Å². The molecule has 2 aliphatic heterocycles. The number of benzene rings is 1. The van der Waals surface area contributed by atoms with Gasteiger partial charge in [0, 0.05) is 24.0 Å². The number of aromatic nitrogens is 2. The minimum atomic E-state index is -0.174. The summed E-state index contributed by atoms with van der Waals surface area (Å²) in [7, 11) is 0. The zero-order valence-corrected chi connectivity index (χ0v) is 10.6. The molecule has 3 heterocycles. The smallest absolute Gasteiger partial charge is 0.140 e. The lowest BCUT2D eigenvalue weighted by atomic mass is 9.76. The third kappa shape index (κ3) is 1.22. The summed E-state index contributed by atoms with van der Waals surface area (Å²) < 4.78 is 16.4. The fourth-order valence-electron chi connectivity index (χ4n) is 2.98. The minimum absolute atomic E-state index is 0.174. The fourth-order valence-corrected chi connectivity index (χ4v) is 3.32. The van der Waals surface area contributed by atoms with Crippen molar-refractivity contribution in [2.24, 2.45) is 0 Å². The first-order valence-electron chi connectivity index (χ1n) is 5.76. The monoisotopic (exact) mass is 292 g/mol. The molecule has 2 bridgehead atoms. The minimum Gasteiger partial charge on any atom is -0.328 e. The van der Waals surface area contributed by atoms with Crippen LogP contribution < -0.4 is 0 Å². The van der Waals surface area contributed by atoms with Crippen molar-refractivity contribution in [1.82, 2.24) is 9.55 Å². The van der Waals surface area contributed by atoms with E-state index in [1.165, 1.54) is 0 Å². The summed E-state index contributed by atoms with van der Waals surface area (Å²) in [5.41, 5.74) is 2.19. The molecule has 0 unspecified atom stereocenters. The van der Waals surface area contributed by atoms with Crippen molar-refractivity contribution in [1.29, 1.82) is 0 Å². The van der Waals surface area contributed by atoms with Crippen molar-refractivity contribution in [2.75, 3.05) is 0 Å². The van der Waals surface area contributed by atoms with Gasteiger partial charge in [-0.2, -0.15) is 0 Å². The third-order valence-corrected chi connectivity index (χ3v) is 4.56. The highest BCUT2D eigenvalue weighted by Crippen LogP contribution is 2.52. The Morgan fingerprint density at radius 1 is 1.35 bits per heavy atom. The van der Waals surface area contributed by atoms with Crippen LogP contribution in [0.15, 0.2) is 29.0 Å². The Kier molecular flexibility index (Phi) is 1.85. The van der Waals surface area contributed by atoms with Gasteiger partial charge in [-0.1, -0.05) is 0 Å². The second-order valence-electron chi connectivity index (χ2n) is 4.83. The van der Waals surface area contributed by atoms with Gasteiger partial charge in [-0.3, -0.25) is 0 Å². The molecule has 0 saturated heterocycles. The Morgan fingerprint density at radius 3 is 3.00 bits per heavy atom. The summed E-state index contributed by atoms with van der Waals surface area (Å²) in [6.45, 7) is 0. The topological polar surface area (TPSA) is 17.8 Å². The van der Waals surface area contributed by atoms with Crippen molar-refractivity contribution in [3.05, 3.63) is 40.4 Å². The van der Waals surface area contributed by atoms with Gasteiger partial charge in [-0.05, 0) is 52.4 Å². The first-order chi connectivity index (χ1) is 8.24. The van der Waals surface area contributed by atoms with Crippen molar-refractivity contribution < 1.29 is 4.39 Å². The van der Waals surface area contributed by atoms with E-state index in [2.05, 4.69) is 25.5 Å².